The first kappa shape index (κ1) is 15.5. The SMILES string of the molecule is CC(C)OC1C=CC(C(=O)C2CCNCC2)=CC1(C)C. The van der Waals surface area contributed by atoms with Crippen LogP contribution in [0.2, 0.25) is 0 Å². The Bertz CT molecular complexity index is 415. The molecule has 1 unspecified atom stereocenters. The number of hydrogen-bond acceptors (Lipinski definition) is 3. The van der Waals surface area contributed by atoms with E-state index < -0.39 is 0 Å². The number of hydrogen-bond donors (Lipinski definition) is 1. The van der Waals surface area contributed by atoms with Gasteiger partial charge in [-0.05, 0) is 39.8 Å². The third-order valence-electron chi connectivity index (χ3n) is 4.12. The maximum absolute atomic E-state index is 12.6. The molecule has 1 aliphatic carbocycles. The van der Waals surface area contributed by atoms with E-state index in [2.05, 4.69) is 25.2 Å². The Morgan fingerprint density at radius 1 is 1.35 bits per heavy atom. The van der Waals surface area contributed by atoms with Crippen LogP contribution in [0, 0.1) is 11.3 Å². The first-order valence-corrected chi connectivity index (χ1v) is 7.71. The number of rotatable bonds is 4. The van der Waals surface area contributed by atoms with Crippen LogP contribution in [0.4, 0.5) is 0 Å². The maximum atomic E-state index is 12.6. The van der Waals surface area contributed by atoms with Gasteiger partial charge in [0.1, 0.15) is 0 Å². The lowest BCUT2D eigenvalue weighted by Crippen LogP contribution is -2.36. The molecule has 112 valence electrons. The molecule has 3 heteroatoms. The molecule has 1 atom stereocenters. The lowest BCUT2D eigenvalue weighted by molar-refractivity contribution is -0.119. The molecule has 0 aromatic heterocycles. The number of piperidine rings is 1. The Balaban J connectivity index is 2.08. The standard InChI is InChI=1S/C17H27NO2/c1-12(2)20-15-6-5-14(11-17(15,3)4)16(19)13-7-9-18-10-8-13/h5-6,11-13,15,18H,7-10H2,1-4H3. The van der Waals surface area contributed by atoms with E-state index in [4.69, 9.17) is 4.74 Å². The topological polar surface area (TPSA) is 38.3 Å². The summed E-state index contributed by atoms with van der Waals surface area (Å²) in [6.07, 6.45) is 8.26. The van der Waals surface area contributed by atoms with Crippen LogP contribution in [-0.4, -0.2) is 31.1 Å². The van der Waals surface area contributed by atoms with Crippen LogP contribution in [0.25, 0.3) is 0 Å². The number of carbonyl (C=O) groups excluding carboxylic acids is 1. The van der Waals surface area contributed by atoms with Gasteiger partial charge in [0, 0.05) is 16.9 Å². The van der Waals surface area contributed by atoms with Gasteiger partial charge < -0.3 is 10.1 Å². The van der Waals surface area contributed by atoms with E-state index in [0.29, 0.717) is 5.78 Å². The van der Waals surface area contributed by atoms with E-state index in [1.807, 2.05) is 26.0 Å². The molecular weight excluding hydrogens is 250 g/mol. The highest BCUT2D eigenvalue weighted by molar-refractivity contribution is 6.00. The van der Waals surface area contributed by atoms with Crippen molar-refractivity contribution in [1.82, 2.24) is 5.32 Å². The Hall–Kier alpha value is -0.930. The van der Waals surface area contributed by atoms with Gasteiger partial charge in [0.25, 0.3) is 0 Å². The first-order valence-electron chi connectivity index (χ1n) is 7.71. The molecule has 1 heterocycles. The average molecular weight is 277 g/mol. The minimum absolute atomic E-state index is 0.0482. The second-order valence-corrected chi connectivity index (χ2v) is 6.77. The van der Waals surface area contributed by atoms with Gasteiger partial charge in [-0.3, -0.25) is 4.79 Å². The van der Waals surface area contributed by atoms with Crippen molar-refractivity contribution >= 4 is 5.78 Å². The Morgan fingerprint density at radius 3 is 2.55 bits per heavy atom. The largest absolute Gasteiger partial charge is 0.371 e. The van der Waals surface area contributed by atoms with Crippen molar-refractivity contribution in [1.29, 1.82) is 0 Å². The quantitative estimate of drug-likeness (QED) is 0.858. The molecule has 1 fully saturated rings. The van der Waals surface area contributed by atoms with Crippen molar-refractivity contribution in [2.45, 2.75) is 52.7 Å². The van der Waals surface area contributed by atoms with Gasteiger partial charge >= 0.3 is 0 Å². The molecule has 0 saturated carbocycles. The van der Waals surface area contributed by atoms with E-state index in [-0.39, 0.29) is 23.5 Å². The Kier molecular flexibility index (Phi) is 4.82. The monoisotopic (exact) mass is 277 g/mol. The van der Waals surface area contributed by atoms with Crippen molar-refractivity contribution in [3.63, 3.8) is 0 Å². The molecule has 3 nitrogen and oxygen atoms in total. The Labute approximate surface area is 122 Å². The fraction of sp³-hybridized carbons (Fsp3) is 0.706. The summed E-state index contributed by atoms with van der Waals surface area (Å²) in [6.45, 7) is 10.3. The highest BCUT2D eigenvalue weighted by Crippen LogP contribution is 2.34. The van der Waals surface area contributed by atoms with Crippen LogP contribution in [-0.2, 0) is 9.53 Å². The molecule has 0 radical (unpaired) electrons. The van der Waals surface area contributed by atoms with Crippen molar-refractivity contribution in [2.75, 3.05) is 13.1 Å². The summed E-state index contributed by atoms with van der Waals surface area (Å²) in [4.78, 5) is 12.6. The molecule has 1 saturated heterocycles. The molecule has 0 aromatic carbocycles. The van der Waals surface area contributed by atoms with Gasteiger partial charge in [0.2, 0.25) is 0 Å². The van der Waals surface area contributed by atoms with Crippen LogP contribution in [0.5, 0.6) is 0 Å². The van der Waals surface area contributed by atoms with Crippen LogP contribution in [0.1, 0.15) is 40.5 Å². The summed E-state index contributed by atoms with van der Waals surface area (Å²) in [5, 5.41) is 3.31. The second-order valence-electron chi connectivity index (χ2n) is 6.77. The summed E-state index contributed by atoms with van der Waals surface area (Å²) in [5.74, 6) is 0.490. The lowest BCUT2D eigenvalue weighted by Gasteiger charge is -2.34. The van der Waals surface area contributed by atoms with Gasteiger partial charge in [-0.15, -0.1) is 0 Å². The number of ether oxygens (including phenoxy) is 1. The molecule has 2 aliphatic rings. The van der Waals surface area contributed by atoms with Crippen LogP contribution in [0.15, 0.2) is 23.8 Å². The predicted octanol–water partition coefficient (Wildman–Crippen LogP) is 2.87. The molecule has 2 rings (SSSR count). The minimum atomic E-state index is -0.128. The van der Waals surface area contributed by atoms with Gasteiger partial charge in [-0.2, -0.15) is 0 Å². The minimum Gasteiger partial charge on any atom is -0.371 e. The van der Waals surface area contributed by atoms with E-state index in [1.165, 1.54) is 0 Å². The number of allylic oxidation sites excluding steroid dienone is 2. The predicted molar refractivity (Wildman–Crippen MR) is 81.6 cm³/mol. The zero-order valence-electron chi connectivity index (χ0n) is 13.1. The second kappa shape index (κ2) is 6.23. The average Bonchev–Trinajstić information content (AvgIpc) is 2.40. The number of nitrogens with one attached hydrogen (secondary N) is 1. The Morgan fingerprint density at radius 2 is 2.00 bits per heavy atom. The van der Waals surface area contributed by atoms with Crippen LogP contribution >= 0.6 is 0 Å². The fourth-order valence-electron chi connectivity index (χ4n) is 2.96. The summed E-state index contributed by atoms with van der Waals surface area (Å²) in [7, 11) is 0. The molecule has 0 aromatic rings. The van der Waals surface area contributed by atoms with E-state index in [0.717, 1.165) is 31.5 Å². The molecule has 0 bridgehead atoms. The molecule has 1 aliphatic heterocycles. The maximum Gasteiger partial charge on any atom is 0.165 e. The smallest absolute Gasteiger partial charge is 0.165 e. The summed E-state index contributed by atoms with van der Waals surface area (Å²) in [5.41, 5.74) is 0.738. The van der Waals surface area contributed by atoms with Crippen LogP contribution in [0.3, 0.4) is 0 Å². The molecule has 0 spiro atoms. The van der Waals surface area contributed by atoms with E-state index in [9.17, 15) is 4.79 Å². The third kappa shape index (κ3) is 3.58. The van der Waals surface area contributed by atoms with Gasteiger partial charge in [-0.1, -0.05) is 32.1 Å². The van der Waals surface area contributed by atoms with Gasteiger partial charge in [0.15, 0.2) is 5.78 Å². The zero-order valence-corrected chi connectivity index (χ0v) is 13.1. The van der Waals surface area contributed by atoms with Crippen LogP contribution < -0.4 is 5.32 Å². The molecular formula is C17H27NO2. The summed E-state index contributed by atoms with van der Waals surface area (Å²) >= 11 is 0. The number of carbonyl (C=O) groups is 1. The zero-order chi connectivity index (χ0) is 14.8. The van der Waals surface area contributed by atoms with Gasteiger partial charge in [0.05, 0.1) is 12.2 Å². The molecule has 1 N–H and O–H groups in total. The number of Topliss-reactive ketones (excluding diaryl/α,β-unsaturated/α-hetero) is 1. The van der Waals surface area contributed by atoms with Crippen molar-refractivity contribution in [3.8, 4) is 0 Å². The number of ketones is 1. The fourth-order valence-corrected chi connectivity index (χ4v) is 2.96. The third-order valence-corrected chi connectivity index (χ3v) is 4.12. The molecule has 0 amide bonds. The summed E-state index contributed by atoms with van der Waals surface area (Å²) < 4.78 is 5.93. The highest BCUT2D eigenvalue weighted by Gasteiger charge is 2.33. The van der Waals surface area contributed by atoms with E-state index in [1.54, 1.807) is 0 Å². The van der Waals surface area contributed by atoms with Crippen molar-refractivity contribution in [2.24, 2.45) is 11.3 Å². The first-order chi connectivity index (χ1) is 9.40. The van der Waals surface area contributed by atoms with Crippen molar-refractivity contribution < 1.29 is 9.53 Å². The summed E-state index contributed by atoms with van der Waals surface area (Å²) in [6, 6.07) is 0. The lowest BCUT2D eigenvalue weighted by atomic mass is 9.77. The van der Waals surface area contributed by atoms with E-state index >= 15 is 0 Å². The van der Waals surface area contributed by atoms with Gasteiger partial charge in [-0.25, -0.2) is 0 Å². The van der Waals surface area contributed by atoms with Crippen molar-refractivity contribution in [3.05, 3.63) is 23.8 Å². The normalized spacial score (nSPS) is 26.6. The highest BCUT2D eigenvalue weighted by atomic mass is 16.5. The molecule has 20 heavy (non-hydrogen) atoms.